The third kappa shape index (κ3) is 2.05. The van der Waals surface area contributed by atoms with E-state index in [-0.39, 0.29) is 17.2 Å². The summed E-state index contributed by atoms with van der Waals surface area (Å²) < 4.78 is 0. The third-order valence-electron chi connectivity index (χ3n) is 4.70. The lowest BCUT2D eigenvalue weighted by molar-refractivity contribution is -0.147. The van der Waals surface area contributed by atoms with Gasteiger partial charge in [0, 0.05) is 5.92 Å². The molecule has 2 rings (SSSR count). The molecule has 2 saturated carbocycles. The Hall–Kier alpha value is -1.06. The van der Waals surface area contributed by atoms with Gasteiger partial charge in [0.1, 0.15) is 5.54 Å². The Morgan fingerprint density at radius 2 is 1.94 bits per heavy atom. The molecule has 0 saturated heterocycles. The van der Waals surface area contributed by atoms with Gasteiger partial charge in [0.2, 0.25) is 5.91 Å². The normalized spacial score (nSPS) is 34.4. The van der Waals surface area contributed by atoms with Gasteiger partial charge < -0.3 is 10.4 Å². The number of hydrogen-bond donors (Lipinski definition) is 2. The summed E-state index contributed by atoms with van der Waals surface area (Å²) in [5, 5.41) is 12.1. The fourth-order valence-electron chi connectivity index (χ4n) is 2.90. The number of amides is 1. The fraction of sp³-hybridized carbons (Fsp3) is 0.846. The number of carbonyl (C=O) groups excluding carboxylic acids is 1. The van der Waals surface area contributed by atoms with Crippen LogP contribution in [0.4, 0.5) is 0 Å². The fourth-order valence-corrected chi connectivity index (χ4v) is 2.90. The SMILES string of the molecule is CCC1(C)CC1C(=O)NC1(C(=O)O)CCCC1. The molecule has 0 bridgehead atoms. The van der Waals surface area contributed by atoms with Crippen molar-refractivity contribution < 1.29 is 14.7 Å². The number of rotatable bonds is 4. The molecule has 0 radical (unpaired) electrons. The Labute approximate surface area is 102 Å². The first-order valence-electron chi connectivity index (χ1n) is 6.49. The van der Waals surface area contributed by atoms with Crippen LogP contribution >= 0.6 is 0 Å². The summed E-state index contributed by atoms with van der Waals surface area (Å²) in [6, 6.07) is 0. The molecule has 2 aliphatic carbocycles. The van der Waals surface area contributed by atoms with E-state index in [9.17, 15) is 14.7 Å². The van der Waals surface area contributed by atoms with Crippen LogP contribution in [0.5, 0.6) is 0 Å². The van der Waals surface area contributed by atoms with Gasteiger partial charge in [0.15, 0.2) is 0 Å². The summed E-state index contributed by atoms with van der Waals surface area (Å²) in [6.07, 6.45) is 4.80. The maximum Gasteiger partial charge on any atom is 0.329 e. The average molecular weight is 239 g/mol. The summed E-state index contributed by atoms with van der Waals surface area (Å²) >= 11 is 0. The molecule has 2 aliphatic rings. The maximum absolute atomic E-state index is 12.1. The lowest BCUT2D eigenvalue weighted by Crippen LogP contribution is -2.53. The molecule has 17 heavy (non-hydrogen) atoms. The highest BCUT2D eigenvalue weighted by Gasteiger charge is 2.55. The highest BCUT2D eigenvalue weighted by molar-refractivity contribution is 5.90. The lowest BCUT2D eigenvalue weighted by atomic mass is 9.96. The smallest absolute Gasteiger partial charge is 0.329 e. The minimum Gasteiger partial charge on any atom is -0.480 e. The van der Waals surface area contributed by atoms with Gasteiger partial charge in [-0.3, -0.25) is 4.79 Å². The molecule has 0 heterocycles. The van der Waals surface area contributed by atoms with E-state index in [1.54, 1.807) is 0 Å². The molecule has 2 fully saturated rings. The Morgan fingerprint density at radius 3 is 2.35 bits per heavy atom. The van der Waals surface area contributed by atoms with Gasteiger partial charge in [0.05, 0.1) is 0 Å². The molecule has 0 aromatic carbocycles. The van der Waals surface area contributed by atoms with Crippen molar-refractivity contribution in [1.29, 1.82) is 0 Å². The number of carboxylic acid groups (broad SMARTS) is 1. The van der Waals surface area contributed by atoms with Crippen LogP contribution in [-0.2, 0) is 9.59 Å². The summed E-state index contributed by atoms with van der Waals surface area (Å²) in [7, 11) is 0. The first-order valence-corrected chi connectivity index (χ1v) is 6.49. The van der Waals surface area contributed by atoms with E-state index in [0.29, 0.717) is 12.8 Å². The minimum absolute atomic E-state index is 0.0179. The third-order valence-corrected chi connectivity index (χ3v) is 4.70. The number of carboxylic acids is 1. The van der Waals surface area contributed by atoms with Crippen molar-refractivity contribution in [3.05, 3.63) is 0 Å². The number of carbonyl (C=O) groups is 2. The van der Waals surface area contributed by atoms with Crippen LogP contribution in [0.1, 0.15) is 52.4 Å². The van der Waals surface area contributed by atoms with E-state index in [4.69, 9.17) is 0 Å². The summed E-state index contributed by atoms with van der Waals surface area (Å²) in [5.74, 6) is -0.912. The molecule has 0 spiro atoms. The highest BCUT2D eigenvalue weighted by atomic mass is 16.4. The van der Waals surface area contributed by atoms with Crippen molar-refractivity contribution in [3.63, 3.8) is 0 Å². The molecule has 0 aromatic rings. The second-order valence-corrected chi connectivity index (χ2v) is 5.85. The van der Waals surface area contributed by atoms with Crippen LogP contribution in [0.25, 0.3) is 0 Å². The molecule has 0 aromatic heterocycles. The molecule has 1 amide bonds. The van der Waals surface area contributed by atoms with E-state index < -0.39 is 11.5 Å². The van der Waals surface area contributed by atoms with E-state index in [2.05, 4.69) is 19.2 Å². The zero-order chi connectivity index (χ0) is 12.7. The topological polar surface area (TPSA) is 66.4 Å². The van der Waals surface area contributed by atoms with Gasteiger partial charge in [-0.1, -0.05) is 26.7 Å². The minimum atomic E-state index is -0.978. The van der Waals surface area contributed by atoms with Gasteiger partial charge in [-0.05, 0) is 31.1 Å². The molecule has 96 valence electrons. The molecule has 2 unspecified atom stereocenters. The molecule has 4 heteroatoms. The molecule has 2 N–H and O–H groups in total. The quantitative estimate of drug-likeness (QED) is 0.787. The summed E-state index contributed by atoms with van der Waals surface area (Å²) in [4.78, 5) is 23.4. The number of nitrogens with one attached hydrogen (secondary N) is 1. The van der Waals surface area contributed by atoms with Gasteiger partial charge in [-0.25, -0.2) is 4.79 Å². The molecule has 0 aliphatic heterocycles. The van der Waals surface area contributed by atoms with Crippen molar-refractivity contribution >= 4 is 11.9 Å². The van der Waals surface area contributed by atoms with Crippen LogP contribution in [0, 0.1) is 11.3 Å². The van der Waals surface area contributed by atoms with Gasteiger partial charge >= 0.3 is 5.97 Å². The Kier molecular flexibility index (Phi) is 2.92. The second-order valence-electron chi connectivity index (χ2n) is 5.85. The first-order chi connectivity index (χ1) is 7.93. The Morgan fingerprint density at radius 1 is 1.35 bits per heavy atom. The summed E-state index contributed by atoms with van der Waals surface area (Å²) in [5.41, 5.74) is -0.878. The van der Waals surface area contributed by atoms with Crippen molar-refractivity contribution in [1.82, 2.24) is 5.32 Å². The highest BCUT2D eigenvalue weighted by Crippen LogP contribution is 2.55. The summed E-state index contributed by atoms with van der Waals surface area (Å²) in [6.45, 7) is 4.18. The molecular weight excluding hydrogens is 218 g/mol. The standard InChI is InChI=1S/C13H21NO3/c1-3-12(2)8-9(12)10(15)14-13(11(16)17)6-4-5-7-13/h9H,3-8H2,1-2H3,(H,14,15)(H,16,17). The monoisotopic (exact) mass is 239 g/mol. The average Bonchev–Trinajstić information content (AvgIpc) is 2.75. The Balaban J connectivity index is 2.01. The molecular formula is C13H21NO3. The van der Waals surface area contributed by atoms with Crippen molar-refractivity contribution in [3.8, 4) is 0 Å². The van der Waals surface area contributed by atoms with E-state index >= 15 is 0 Å². The zero-order valence-electron chi connectivity index (χ0n) is 10.6. The van der Waals surface area contributed by atoms with Crippen LogP contribution in [0.2, 0.25) is 0 Å². The molecule has 2 atom stereocenters. The predicted molar refractivity (Wildman–Crippen MR) is 63.5 cm³/mol. The van der Waals surface area contributed by atoms with Crippen LogP contribution in [-0.4, -0.2) is 22.5 Å². The van der Waals surface area contributed by atoms with Gasteiger partial charge in [-0.15, -0.1) is 0 Å². The Bertz CT molecular complexity index is 347. The predicted octanol–water partition coefficient (Wildman–Crippen LogP) is 1.94. The van der Waals surface area contributed by atoms with Crippen molar-refractivity contribution in [2.45, 2.75) is 57.9 Å². The maximum atomic E-state index is 12.1. The molecule has 4 nitrogen and oxygen atoms in total. The van der Waals surface area contributed by atoms with Crippen LogP contribution < -0.4 is 5.32 Å². The van der Waals surface area contributed by atoms with Gasteiger partial charge in [-0.2, -0.15) is 0 Å². The van der Waals surface area contributed by atoms with Crippen molar-refractivity contribution in [2.24, 2.45) is 11.3 Å². The van der Waals surface area contributed by atoms with E-state index in [1.807, 2.05) is 0 Å². The van der Waals surface area contributed by atoms with Crippen molar-refractivity contribution in [2.75, 3.05) is 0 Å². The van der Waals surface area contributed by atoms with E-state index in [1.165, 1.54) is 0 Å². The first kappa shape index (κ1) is 12.4. The largest absolute Gasteiger partial charge is 0.480 e. The van der Waals surface area contributed by atoms with Crippen LogP contribution in [0.3, 0.4) is 0 Å². The number of aliphatic carboxylic acids is 1. The number of hydrogen-bond acceptors (Lipinski definition) is 2. The van der Waals surface area contributed by atoms with E-state index in [0.717, 1.165) is 25.7 Å². The lowest BCUT2D eigenvalue weighted by Gasteiger charge is -2.25. The second kappa shape index (κ2) is 4.00. The van der Waals surface area contributed by atoms with Crippen LogP contribution in [0.15, 0.2) is 0 Å². The zero-order valence-corrected chi connectivity index (χ0v) is 10.6. The van der Waals surface area contributed by atoms with Gasteiger partial charge in [0.25, 0.3) is 0 Å².